The van der Waals surface area contributed by atoms with Crippen LogP contribution in [0.15, 0.2) is 30.3 Å². The van der Waals surface area contributed by atoms with Gasteiger partial charge >= 0.3 is 11.9 Å². The van der Waals surface area contributed by atoms with E-state index in [4.69, 9.17) is 18.9 Å². The summed E-state index contributed by atoms with van der Waals surface area (Å²) >= 11 is 0. The molecule has 0 saturated heterocycles. The average molecular weight is 338 g/mol. The normalized spacial score (nSPS) is 10.4. The molecule has 0 fully saturated rings. The van der Waals surface area contributed by atoms with Gasteiger partial charge in [0.25, 0.3) is 0 Å². The average Bonchev–Trinajstić information content (AvgIpc) is 2.61. The quantitative estimate of drug-likeness (QED) is 0.406. The third-order valence-corrected chi connectivity index (χ3v) is 3.18. The molecule has 1 rings (SSSR count). The van der Waals surface area contributed by atoms with Crippen LogP contribution >= 0.6 is 0 Å². The second kappa shape index (κ2) is 13.5. The fourth-order valence-electron chi connectivity index (χ4n) is 1.88. The third kappa shape index (κ3) is 10.7. The fraction of sp³-hybridized carbons (Fsp3) is 0.556. The number of carbonyl (C=O) groups excluding carboxylic acids is 2. The number of carbonyl (C=O) groups is 2. The zero-order valence-electron chi connectivity index (χ0n) is 14.2. The molecule has 1 aromatic carbocycles. The Hall–Kier alpha value is -1.92. The van der Waals surface area contributed by atoms with E-state index in [9.17, 15) is 9.59 Å². The maximum Gasteiger partial charge on any atom is 0.306 e. The number of unbranched alkanes of at least 4 members (excludes halogenated alkanes) is 1. The van der Waals surface area contributed by atoms with Crippen LogP contribution in [0.4, 0.5) is 0 Å². The molecule has 0 unspecified atom stereocenters. The molecule has 0 aliphatic heterocycles. The van der Waals surface area contributed by atoms with E-state index in [2.05, 4.69) is 0 Å². The van der Waals surface area contributed by atoms with Gasteiger partial charge in [0.05, 0.1) is 19.8 Å². The predicted molar refractivity (Wildman–Crippen MR) is 88.4 cm³/mol. The molecule has 0 heterocycles. The molecule has 0 atom stereocenters. The van der Waals surface area contributed by atoms with E-state index >= 15 is 0 Å². The van der Waals surface area contributed by atoms with Gasteiger partial charge in [-0.15, -0.1) is 0 Å². The summed E-state index contributed by atoms with van der Waals surface area (Å²) in [6.45, 7) is 1.89. The predicted octanol–water partition coefficient (Wildman–Crippen LogP) is 2.50. The number of methoxy groups -OCH3 is 1. The van der Waals surface area contributed by atoms with Gasteiger partial charge in [0.1, 0.15) is 13.2 Å². The Labute approximate surface area is 143 Å². The number of hydrogen-bond donors (Lipinski definition) is 0. The van der Waals surface area contributed by atoms with Crippen LogP contribution < -0.4 is 0 Å². The SMILES string of the molecule is COCCOCCOC(=O)CCCCC(=O)OCc1ccccc1. The highest BCUT2D eigenvalue weighted by Gasteiger charge is 2.06. The van der Waals surface area contributed by atoms with Crippen molar-refractivity contribution in [3.63, 3.8) is 0 Å². The Balaban J connectivity index is 1.94. The molecule has 0 aromatic heterocycles. The molecule has 0 aliphatic rings. The lowest BCUT2D eigenvalue weighted by molar-refractivity contribution is -0.147. The molecule has 0 amide bonds. The zero-order valence-corrected chi connectivity index (χ0v) is 14.2. The molecule has 6 nitrogen and oxygen atoms in total. The molecule has 0 N–H and O–H groups in total. The minimum Gasteiger partial charge on any atom is -0.463 e. The van der Waals surface area contributed by atoms with Gasteiger partial charge in [-0.3, -0.25) is 9.59 Å². The first-order valence-electron chi connectivity index (χ1n) is 8.14. The first-order valence-corrected chi connectivity index (χ1v) is 8.14. The molecule has 1 aromatic rings. The van der Waals surface area contributed by atoms with Gasteiger partial charge in [0, 0.05) is 20.0 Å². The maximum absolute atomic E-state index is 11.6. The van der Waals surface area contributed by atoms with Crippen molar-refractivity contribution in [2.75, 3.05) is 33.5 Å². The standard InChI is InChI=1S/C18H26O6/c1-21-11-12-22-13-14-23-17(19)9-5-6-10-18(20)24-15-16-7-3-2-4-8-16/h2-4,7-8H,5-6,9-15H2,1H3. The Morgan fingerprint density at radius 3 is 2.12 bits per heavy atom. The van der Waals surface area contributed by atoms with Crippen molar-refractivity contribution in [1.29, 1.82) is 0 Å². The van der Waals surface area contributed by atoms with Gasteiger partial charge in [-0.25, -0.2) is 0 Å². The van der Waals surface area contributed by atoms with E-state index in [0.717, 1.165) is 5.56 Å². The van der Waals surface area contributed by atoms with Crippen molar-refractivity contribution in [3.8, 4) is 0 Å². The molecule has 0 radical (unpaired) electrons. The van der Waals surface area contributed by atoms with Crippen molar-refractivity contribution in [3.05, 3.63) is 35.9 Å². The maximum atomic E-state index is 11.6. The minimum absolute atomic E-state index is 0.238. The first-order chi connectivity index (χ1) is 11.7. The van der Waals surface area contributed by atoms with E-state index in [0.29, 0.717) is 45.5 Å². The highest BCUT2D eigenvalue weighted by molar-refractivity contribution is 5.70. The Morgan fingerprint density at radius 2 is 1.46 bits per heavy atom. The van der Waals surface area contributed by atoms with Crippen LogP contribution in [0.2, 0.25) is 0 Å². The summed E-state index contributed by atoms with van der Waals surface area (Å²) in [5, 5.41) is 0. The second-order valence-electron chi connectivity index (χ2n) is 5.18. The first kappa shape index (κ1) is 20.1. The van der Waals surface area contributed by atoms with Crippen molar-refractivity contribution >= 4 is 11.9 Å². The summed E-state index contributed by atoms with van der Waals surface area (Å²) in [5.41, 5.74) is 0.960. The van der Waals surface area contributed by atoms with Crippen molar-refractivity contribution in [2.45, 2.75) is 32.3 Å². The second-order valence-corrected chi connectivity index (χ2v) is 5.18. The van der Waals surface area contributed by atoms with Crippen LogP contribution in [0.3, 0.4) is 0 Å². The summed E-state index contributed by atoms with van der Waals surface area (Å²) in [7, 11) is 1.60. The molecule has 6 heteroatoms. The summed E-state index contributed by atoms with van der Waals surface area (Å²) in [6.07, 6.45) is 1.81. The van der Waals surface area contributed by atoms with Crippen LogP contribution in [0.5, 0.6) is 0 Å². The zero-order chi connectivity index (χ0) is 17.5. The van der Waals surface area contributed by atoms with Crippen molar-refractivity contribution < 1.29 is 28.5 Å². The lowest BCUT2D eigenvalue weighted by Gasteiger charge is -2.06. The van der Waals surface area contributed by atoms with Gasteiger partial charge in [0.2, 0.25) is 0 Å². The van der Waals surface area contributed by atoms with E-state index < -0.39 is 0 Å². The largest absolute Gasteiger partial charge is 0.463 e. The van der Waals surface area contributed by atoms with Crippen molar-refractivity contribution in [2.24, 2.45) is 0 Å². The Bertz CT molecular complexity index is 460. The summed E-state index contributed by atoms with van der Waals surface area (Å²) in [4.78, 5) is 23.1. The van der Waals surface area contributed by atoms with Gasteiger partial charge in [0.15, 0.2) is 0 Å². The van der Waals surface area contributed by atoms with Crippen LogP contribution in [0.1, 0.15) is 31.2 Å². The van der Waals surface area contributed by atoms with Crippen LogP contribution in [-0.2, 0) is 35.1 Å². The highest BCUT2D eigenvalue weighted by Crippen LogP contribution is 2.06. The lowest BCUT2D eigenvalue weighted by Crippen LogP contribution is -2.12. The topological polar surface area (TPSA) is 71.1 Å². The molecule has 24 heavy (non-hydrogen) atoms. The van der Waals surface area contributed by atoms with Crippen LogP contribution in [-0.4, -0.2) is 45.5 Å². The molecule has 0 bridgehead atoms. The van der Waals surface area contributed by atoms with E-state index in [1.807, 2.05) is 30.3 Å². The lowest BCUT2D eigenvalue weighted by atomic mass is 10.2. The fourth-order valence-corrected chi connectivity index (χ4v) is 1.88. The third-order valence-electron chi connectivity index (χ3n) is 3.18. The van der Waals surface area contributed by atoms with Gasteiger partial charge in [-0.05, 0) is 18.4 Å². The minimum atomic E-state index is -0.275. The smallest absolute Gasteiger partial charge is 0.306 e. The number of ether oxygens (including phenoxy) is 4. The number of hydrogen-bond acceptors (Lipinski definition) is 6. The highest BCUT2D eigenvalue weighted by atomic mass is 16.6. The Morgan fingerprint density at radius 1 is 0.833 bits per heavy atom. The molecule has 0 spiro atoms. The number of esters is 2. The molecular formula is C18H26O6. The van der Waals surface area contributed by atoms with Crippen LogP contribution in [0.25, 0.3) is 0 Å². The summed E-state index contributed by atoms with van der Waals surface area (Å²) in [6, 6.07) is 9.52. The van der Waals surface area contributed by atoms with E-state index in [1.54, 1.807) is 7.11 Å². The summed E-state index contributed by atoms with van der Waals surface area (Å²) in [5.74, 6) is -0.526. The van der Waals surface area contributed by atoms with Gasteiger partial charge in [-0.1, -0.05) is 30.3 Å². The van der Waals surface area contributed by atoms with Crippen LogP contribution in [0, 0.1) is 0 Å². The van der Waals surface area contributed by atoms with E-state index in [-0.39, 0.29) is 25.2 Å². The van der Waals surface area contributed by atoms with Crippen molar-refractivity contribution in [1.82, 2.24) is 0 Å². The van der Waals surface area contributed by atoms with Gasteiger partial charge < -0.3 is 18.9 Å². The molecule has 0 saturated carbocycles. The monoisotopic (exact) mass is 338 g/mol. The van der Waals surface area contributed by atoms with E-state index in [1.165, 1.54) is 0 Å². The molecule has 134 valence electrons. The molecular weight excluding hydrogens is 312 g/mol. The summed E-state index contributed by atoms with van der Waals surface area (Å²) < 4.78 is 20.2. The molecule has 0 aliphatic carbocycles. The number of rotatable bonds is 13. The van der Waals surface area contributed by atoms with Gasteiger partial charge in [-0.2, -0.15) is 0 Å². The Kier molecular flexibility index (Phi) is 11.3. The number of benzene rings is 1.